The Bertz CT molecular complexity index is 443. The molecule has 0 atom stereocenters. The molecule has 0 bridgehead atoms. The summed E-state index contributed by atoms with van der Waals surface area (Å²) in [5.41, 5.74) is 1.09. The van der Waals surface area contributed by atoms with Gasteiger partial charge in [-0.05, 0) is 18.1 Å². The Morgan fingerprint density at radius 2 is 2.00 bits per heavy atom. The highest BCUT2D eigenvalue weighted by atomic mass is 79.9. The van der Waals surface area contributed by atoms with E-state index in [0.717, 1.165) is 22.2 Å². The molecule has 0 fully saturated rings. The predicted molar refractivity (Wildman–Crippen MR) is 67.6 cm³/mol. The van der Waals surface area contributed by atoms with E-state index in [9.17, 15) is 9.59 Å². The second kappa shape index (κ2) is 6.85. The number of benzene rings is 1. The number of aliphatic carboxylic acids is 1. The number of carboxylic acids is 1. The lowest BCUT2D eigenvalue weighted by Crippen LogP contribution is -2.23. The Morgan fingerprint density at radius 3 is 2.65 bits per heavy atom. The number of hydrogen-bond donors (Lipinski definition) is 2. The van der Waals surface area contributed by atoms with Crippen molar-refractivity contribution < 1.29 is 14.7 Å². The van der Waals surface area contributed by atoms with Gasteiger partial charge in [-0.2, -0.15) is 0 Å². The zero-order valence-corrected chi connectivity index (χ0v) is 10.6. The Balaban J connectivity index is 2.36. The molecule has 0 saturated heterocycles. The summed E-state index contributed by atoms with van der Waals surface area (Å²) in [4.78, 5) is 21.3. The quantitative estimate of drug-likeness (QED) is 0.814. The highest BCUT2D eigenvalue weighted by Crippen LogP contribution is 2.15. The summed E-state index contributed by atoms with van der Waals surface area (Å²) in [5.74, 6) is -1.54. The van der Waals surface area contributed by atoms with E-state index in [0.29, 0.717) is 13.0 Å². The zero-order chi connectivity index (χ0) is 12.7. The van der Waals surface area contributed by atoms with E-state index in [4.69, 9.17) is 5.11 Å². The van der Waals surface area contributed by atoms with Crippen LogP contribution in [0.1, 0.15) is 5.56 Å². The molecule has 0 aliphatic heterocycles. The van der Waals surface area contributed by atoms with Crippen LogP contribution in [0.25, 0.3) is 0 Å². The number of nitrogens with one attached hydrogen (secondary N) is 1. The van der Waals surface area contributed by atoms with Crippen molar-refractivity contribution >= 4 is 27.8 Å². The minimum Gasteiger partial charge on any atom is -0.478 e. The molecular weight excluding hydrogens is 286 g/mol. The second-order valence-corrected chi connectivity index (χ2v) is 4.16. The number of halogens is 1. The summed E-state index contributed by atoms with van der Waals surface area (Å²) in [6, 6.07) is 7.73. The van der Waals surface area contributed by atoms with Gasteiger partial charge in [0.1, 0.15) is 0 Å². The van der Waals surface area contributed by atoms with Gasteiger partial charge in [0.05, 0.1) is 0 Å². The molecule has 0 aliphatic rings. The molecule has 90 valence electrons. The zero-order valence-electron chi connectivity index (χ0n) is 9.02. The van der Waals surface area contributed by atoms with Crippen molar-refractivity contribution in [3.05, 3.63) is 46.5 Å². The summed E-state index contributed by atoms with van der Waals surface area (Å²) in [6.45, 7) is 0.464. The predicted octanol–water partition coefficient (Wildman–Crippen LogP) is 1.75. The van der Waals surface area contributed by atoms with E-state index in [2.05, 4.69) is 21.2 Å². The second-order valence-electron chi connectivity index (χ2n) is 3.30. The molecular formula is C12H12BrNO3. The first-order valence-electron chi connectivity index (χ1n) is 5.02. The normalized spacial score (nSPS) is 10.4. The van der Waals surface area contributed by atoms with Crippen molar-refractivity contribution in [3.63, 3.8) is 0 Å². The number of carbonyl (C=O) groups excluding carboxylic acids is 1. The lowest BCUT2D eigenvalue weighted by Gasteiger charge is -2.04. The fraction of sp³-hybridized carbons (Fsp3) is 0.167. The summed E-state index contributed by atoms with van der Waals surface area (Å²) in [5, 5.41) is 10.9. The van der Waals surface area contributed by atoms with Gasteiger partial charge in [-0.15, -0.1) is 0 Å². The van der Waals surface area contributed by atoms with Gasteiger partial charge in [-0.1, -0.05) is 34.1 Å². The standard InChI is InChI=1S/C12H12BrNO3/c13-10-4-2-1-3-9(10)7-8-14-11(15)5-6-12(16)17/h1-6H,7-8H2,(H,14,15)(H,16,17)/b6-5+. The van der Waals surface area contributed by atoms with Gasteiger partial charge in [-0.25, -0.2) is 4.79 Å². The van der Waals surface area contributed by atoms with Crippen molar-refractivity contribution in [1.82, 2.24) is 5.32 Å². The molecule has 0 radical (unpaired) electrons. The van der Waals surface area contributed by atoms with Gasteiger partial charge < -0.3 is 10.4 Å². The van der Waals surface area contributed by atoms with Crippen molar-refractivity contribution in [3.8, 4) is 0 Å². The topological polar surface area (TPSA) is 66.4 Å². The smallest absolute Gasteiger partial charge is 0.328 e. The first-order valence-corrected chi connectivity index (χ1v) is 5.81. The summed E-state index contributed by atoms with van der Waals surface area (Å²) >= 11 is 3.41. The molecule has 1 rings (SSSR count). The molecule has 0 unspecified atom stereocenters. The number of rotatable bonds is 5. The summed E-state index contributed by atoms with van der Waals surface area (Å²) in [7, 11) is 0. The fourth-order valence-electron chi connectivity index (χ4n) is 1.23. The van der Waals surface area contributed by atoms with Crippen LogP contribution in [0, 0.1) is 0 Å². The van der Waals surface area contributed by atoms with Gasteiger partial charge in [-0.3, -0.25) is 4.79 Å². The molecule has 0 saturated carbocycles. The highest BCUT2D eigenvalue weighted by molar-refractivity contribution is 9.10. The van der Waals surface area contributed by atoms with Crippen LogP contribution in [0.4, 0.5) is 0 Å². The molecule has 0 heterocycles. The molecule has 1 aromatic carbocycles. The number of carboxylic acid groups (broad SMARTS) is 1. The lowest BCUT2D eigenvalue weighted by atomic mass is 10.1. The van der Waals surface area contributed by atoms with Crippen LogP contribution in [-0.4, -0.2) is 23.5 Å². The average Bonchev–Trinajstić information content (AvgIpc) is 2.29. The minimum atomic E-state index is -1.13. The van der Waals surface area contributed by atoms with Crippen LogP contribution in [0.2, 0.25) is 0 Å². The maximum absolute atomic E-state index is 11.1. The summed E-state index contributed by atoms with van der Waals surface area (Å²) < 4.78 is 0.996. The molecule has 0 aromatic heterocycles. The number of hydrogen-bond acceptors (Lipinski definition) is 2. The van der Waals surface area contributed by atoms with E-state index in [1.807, 2.05) is 24.3 Å². The van der Waals surface area contributed by atoms with Gasteiger partial charge in [0, 0.05) is 23.2 Å². The number of carbonyl (C=O) groups is 2. The third-order valence-electron chi connectivity index (χ3n) is 2.03. The van der Waals surface area contributed by atoms with Crippen molar-refractivity contribution in [1.29, 1.82) is 0 Å². The molecule has 1 amide bonds. The van der Waals surface area contributed by atoms with Crippen LogP contribution in [0.5, 0.6) is 0 Å². The van der Waals surface area contributed by atoms with Gasteiger partial charge in [0.15, 0.2) is 0 Å². The molecule has 2 N–H and O–H groups in total. The third-order valence-corrected chi connectivity index (χ3v) is 2.80. The molecule has 1 aromatic rings. The Labute approximate surface area is 107 Å². The highest BCUT2D eigenvalue weighted by Gasteiger charge is 2.00. The molecule has 17 heavy (non-hydrogen) atoms. The van der Waals surface area contributed by atoms with Crippen LogP contribution in [0.15, 0.2) is 40.9 Å². The van der Waals surface area contributed by atoms with Gasteiger partial charge >= 0.3 is 5.97 Å². The van der Waals surface area contributed by atoms with Crippen molar-refractivity contribution in [2.75, 3.05) is 6.54 Å². The third kappa shape index (κ3) is 5.31. The molecule has 0 spiro atoms. The Hall–Kier alpha value is -1.62. The van der Waals surface area contributed by atoms with E-state index in [-0.39, 0.29) is 0 Å². The van der Waals surface area contributed by atoms with Gasteiger partial charge in [0.2, 0.25) is 5.91 Å². The van der Waals surface area contributed by atoms with Crippen molar-refractivity contribution in [2.45, 2.75) is 6.42 Å². The van der Waals surface area contributed by atoms with Crippen LogP contribution in [-0.2, 0) is 16.0 Å². The largest absolute Gasteiger partial charge is 0.478 e. The van der Waals surface area contributed by atoms with Crippen LogP contribution >= 0.6 is 15.9 Å². The van der Waals surface area contributed by atoms with Crippen LogP contribution in [0.3, 0.4) is 0 Å². The Morgan fingerprint density at radius 1 is 1.29 bits per heavy atom. The first-order chi connectivity index (χ1) is 8.09. The lowest BCUT2D eigenvalue weighted by molar-refractivity contribution is -0.131. The van der Waals surface area contributed by atoms with Crippen LogP contribution < -0.4 is 5.32 Å². The number of amides is 1. The monoisotopic (exact) mass is 297 g/mol. The SMILES string of the molecule is O=C(O)/C=C/C(=O)NCCc1ccccc1Br. The maximum Gasteiger partial charge on any atom is 0.328 e. The van der Waals surface area contributed by atoms with E-state index in [1.54, 1.807) is 0 Å². The fourth-order valence-corrected chi connectivity index (χ4v) is 1.71. The molecule has 4 nitrogen and oxygen atoms in total. The molecule has 0 aliphatic carbocycles. The van der Waals surface area contributed by atoms with Crippen molar-refractivity contribution in [2.24, 2.45) is 0 Å². The minimum absolute atomic E-state index is 0.403. The first kappa shape index (κ1) is 13.4. The van der Waals surface area contributed by atoms with E-state index >= 15 is 0 Å². The summed E-state index contributed by atoms with van der Waals surface area (Å²) in [6.07, 6.45) is 2.50. The average molecular weight is 298 g/mol. The Kier molecular flexibility index (Phi) is 5.42. The van der Waals surface area contributed by atoms with Gasteiger partial charge in [0.25, 0.3) is 0 Å². The maximum atomic E-state index is 11.1. The molecule has 5 heteroatoms. The van der Waals surface area contributed by atoms with E-state index in [1.165, 1.54) is 0 Å². The van der Waals surface area contributed by atoms with E-state index < -0.39 is 11.9 Å².